The van der Waals surface area contributed by atoms with E-state index < -0.39 is 0 Å². The molecule has 0 aromatic carbocycles. The van der Waals surface area contributed by atoms with Crippen LogP contribution in [0.1, 0.15) is 18.4 Å². The van der Waals surface area contributed by atoms with E-state index in [2.05, 4.69) is 25.7 Å². The van der Waals surface area contributed by atoms with E-state index in [1.165, 1.54) is 0 Å². The molecule has 0 atom stereocenters. The first-order valence-electron chi connectivity index (χ1n) is 6.57. The normalized spacial score (nSPS) is 10.6. The molecule has 0 aliphatic rings. The van der Waals surface area contributed by atoms with Gasteiger partial charge in [0.05, 0.1) is 12.2 Å². The molecule has 0 saturated carbocycles. The number of aryl methyl sites for hydroxylation is 1. The maximum absolute atomic E-state index is 5.35. The lowest BCUT2D eigenvalue weighted by molar-refractivity contribution is 0.128. The number of nitrogens with one attached hydrogen (secondary N) is 2. The van der Waals surface area contributed by atoms with Crippen LogP contribution in [0.25, 0.3) is 0 Å². The van der Waals surface area contributed by atoms with Crippen molar-refractivity contribution in [2.45, 2.75) is 20.1 Å². The summed E-state index contributed by atoms with van der Waals surface area (Å²) in [7, 11) is 3.74. The monoisotopic (exact) mass is 276 g/mol. The van der Waals surface area contributed by atoms with Crippen LogP contribution in [-0.4, -0.2) is 33.4 Å². The van der Waals surface area contributed by atoms with Crippen molar-refractivity contribution in [3.8, 4) is 0 Å². The van der Waals surface area contributed by atoms with E-state index >= 15 is 0 Å². The smallest absolute Gasteiger partial charge is 0.158 e. The van der Waals surface area contributed by atoms with Crippen LogP contribution in [-0.2, 0) is 24.9 Å². The summed E-state index contributed by atoms with van der Waals surface area (Å²) in [6.07, 6.45) is 1.77. The number of aromatic nitrogens is 4. The molecule has 2 aromatic rings. The molecule has 2 aromatic heterocycles. The van der Waals surface area contributed by atoms with Gasteiger partial charge in [-0.1, -0.05) is 0 Å². The molecular formula is C13H20N6O. The highest BCUT2D eigenvalue weighted by Gasteiger charge is 2.05. The Hall–Kier alpha value is -2.15. The number of rotatable bonds is 7. The molecule has 0 bridgehead atoms. The maximum atomic E-state index is 5.35. The third-order valence-corrected chi connectivity index (χ3v) is 2.84. The number of ether oxygens (including phenoxy) is 1. The van der Waals surface area contributed by atoms with E-state index in [0.717, 1.165) is 17.3 Å². The van der Waals surface area contributed by atoms with Crippen LogP contribution in [0.5, 0.6) is 0 Å². The standard InChI is InChI=1S/C13H20N6O/c1-4-20-9-13-17-11(14-2)7-12(18-13)15-8-10-5-6-16-19(10)3/h5-7H,4,8-9H2,1-3H3,(H2,14,15,17,18). The van der Waals surface area contributed by atoms with Gasteiger partial charge in [-0.25, -0.2) is 9.97 Å². The van der Waals surface area contributed by atoms with Crippen LogP contribution >= 0.6 is 0 Å². The summed E-state index contributed by atoms with van der Waals surface area (Å²) >= 11 is 0. The summed E-state index contributed by atoms with van der Waals surface area (Å²) in [4.78, 5) is 8.78. The van der Waals surface area contributed by atoms with Gasteiger partial charge in [0.25, 0.3) is 0 Å². The van der Waals surface area contributed by atoms with Crippen molar-refractivity contribution in [2.24, 2.45) is 7.05 Å². The highest BCUT2D eigenvalue weighted by atomic mass is 16.5. The second-order valence-corrected chi connectivity index (χ2v) is 4.24. The second kappa shape index (κ2) is 6.85. The van der Waals surface area contributed by atoms with Gasteiger partial charge >= 0.3 is 0 Å². The van der Waals surface area contributed by atoms with Gasteiger partial charge in [-0.05, 0) is 13.0 Å². The van der Waals surface area contributed by atoms with Crippen LogP contribution in [0.4, 0.5) is 11.6 Å². The largest absolute Gasteiger partial charge is 0.374 e. The molecule has 2 N–H and O–H groups in total. The molecule has 0 amide bonds. The number of nitrogens with zero attached hydrogens (tertiary/aromatic N) is 4. The zero-order chi connectivity index (χ0) is 14.4. The summed E-state index contributed by atoms with van der Waals surface area (Å²) in [6.45, 7) is 3.66. The first kappa shape index (κ1) is 14.3. The Bertz CT molecular complexity index is 554. The van der Waals surface area contributed by atoms with E-state index in [-0.39, 0.29) is 0 Å². The molecule has 0 saturated heterocycles. The van der Waals surface area contributed by atoms with Crippen molar-refractivity contribution in [1.29, 1.82) is 0 Å². The molecule has 0 aliphatic heterocycles. The van der Waals surface area contributed by atoms with Gasteiger partial charge in [0, 0.05) is 33.0 Å². The van der Waals surface area contributed by atoms with Crippen molar-refractivity contribution in [1.82, 2.24) is 19.7 Å². The Balaban J connectivity index is 2.07. The van der Waals surface area contributed by atoms with Gasteiger partial charge in [-0.2, -0.15) is 5.10 Å². The molecule has 0 aliphatic carbocycles. The minimum atomic E-state index is 0.409. The van der Waals surface area contributed by atoms with E-state index in [9.17, 15) is 0 Å². The summed E-state index contributed by atoms with van der Waals surface area (Å²) in [5.41, 5.74) is 1.08. The molecule has 2 heterocycles. The van der Waals surface area contributed by atoms with E-state index in [0.29, 0.717) is 25.6 Å². The zero-order valence-electron chi connectivity index (χ0n) is 12.1. The highest BCUT2D eigenvalue weighted by molar-refractivity contribution is 5.47. The fraction of sp³-hybridized carbons (Fsp3) is 0.462. The fourth-order valence-electron chi connectivity index (χ4n) is 1.73. The Kier molecular flexibility index (Phi) is 4.89. The first-order chi connectivity index (χ1) is 9.72. The minimum absolute atomic E-state index is 0.409. The van der Waals surface area contributed by atoms with Crippen molar-refractivity contribution >= 4 is 11.6 Å². The Morgan fingerprint density at radius 2 is 2.10 bits per heavy atom. The molecule has 108 valence electrons. The maximum Gasteiger partial charge on any atom is 0.158 e. The molecule has 2 rings (SSSR count). The molecule has 20 heavy (non-hydrogen) atoms. The first-order valence-corrected chi connectivity index (χ1v) is 6.57. The van der Waals surface area contributed by atoms with E-state index in [1.54, 1.807) is 6.20 Å². The Morgan fingerprint density at radius 1 is 1.30 bits per heavy atom. The lowest BCUT2D eigenvalue weighted by atomic mass is 10.4. The average molecular weight is 276 g/mol. The van der Waals surface area contributed by atoms with Crippen LogP contribution < -0.4 is 10.6 Å². The van der Waals surface area contributed by atoms with Gasteiger partial charge in [0.15, 0.2) is 5.82 Å². The van der Waals surface area contributed by atoms with E-state index in [1.807, 2.05) is 37.8 Å². The third-order valence-electron chi connectivity index (χ3n) is 2.84. The third kappa shape index (κ3) is 3.67. The predicted octanol–water partition coefficient (Wildman–Crippen LogP) is 1.40. The zero-order valence-corrected chi connectivity index (χ0v) is 12.1. The van der Waals surface area contributed by atoms with Gasteiger partial charge in [-0.15, -0.1) is 0 Å². The minimum Gasteiger partial charge on any atom is -0.374 e. The highest BCUT2D eigenvalue weighted by Crippen LogP contribution is 2.12. The molecule has 7 nitrogen and oxygen atoms in total. The molecular weight excluding hydrogens is 256 g/mol. The molecule has 0 spiro atoms. The lowest BCUT2D eigenvalue weighted by Gasteiger charge is -2.10. The topological polar surface area (TPSA) is 76.9 Å². The molecule has 0 fully saturated rings. The summed E-state index contributed by atoms with van der Waals surface area (Å²) in [6, 6.07) is 3.83. The van der Waals surface area contributed by atoms with Crippen LogP contribution in [0.3, 0.4) is 0 Å². The van der Waals surface area contributed by atoms with Crippen molar-refractivity contribution in [3.63, 3.8) is 0 Å². The summed E-state index contributed by atoms with van der Waals surface area (Å²) in [5, 5.41) is 10.4. The molecule has 7 heteroatoms. The lowest BCUT2D eigenvalue weighted by Crippen LogP contribution is -2.09. The van der Waals surface area contributed by atoms with Crippen molar-refractivity contribution in [2.75, 3.05) is 24.3 Å². The quantitative estimate of drug-likeness (QED) is 0.796. The average Bonchev–Trinajstić information content (AvgIpc) is 2.88. The fourth-order valence-corrected chi connectivity index (χ4v) is 1.73. The van der Waals surface area contributed by atoms with Crippen molar-refractivity contribution in [3.05, 3.63) is 29.8 Å². The van der Waals surface area contributed by atoms with E-state index in [4.69, 9.17) is 4.74 Å². The predicted molar refractivity (Wildman–Crippen MR) is 77.4 cm³/mol. The second-order valence-electron chi connectivity index (χ2n) is 4.24. The summed E-state index contributed by atoms with van der Waals surface area (Å²) < 4.78 is 7.18. The SMILES string of the molecule is CCOCc1nc(NC)cc(NCc2ccnn2C)n1. The molecule has 0 unspecified atom stereocenters. The number of hydrogen-bond donors (Lipinski definition) is 2. The van der Waals surface area contributed by atoms with Gasteiger partial charge in [0.1, 0.15) is 18.2 Å². The van der Waals surface area contributed by atoms with Crippen LogP contribution in [0.15, 0.2) is 18.3 Å². The Labute approximate surface area is 118 Å². The number of hydrogen-bond acceptors (Lipinski definition) is 6. The Morgan fingerprint density at radius 3 is 2.75 bits per heavy atom. The van der Waals surface area contributed by atoms with Crippen LogP contribution in [0, 0.1) is 0 Å². The van der Waals surface area contributed by atoms with Gasteiger partial charge < -0.3 is 15.4 Å². The van der Waals surface area contributed by atoms with Gasteiger partial charge in [-0.3, -0.25) is 4.68 Å². The summed E-state index contributed by atoms with van der Waals surface area (Å²) in [5.74, 6) is 2.19. The molecule has 0 radical (unpaired) electrons. The van der Waals surface area contributed by atoms with Gasteiger partial charge in [0.2, 0.25) is 0 Å². The van der Waals surface area contributed by atoms with Crippen molar-refractivity contribution < 1.29 is 4.74 Å². The number of anilines is 2. The van der Waals surface area contributed by atoms with Crippen LogP contribution in [0.2, 0.25) is 0 Å².